The van der Waals surface area contributed by atoms with Gasteiger partial charge in [0.2, 0.25) is 5.91 Å². The van der Waals surface area contributed by atoms with Crippen LogP contribution in [0.3, 0.4) is 0 Å². The minimum absolute atomic E-state index is 0.00216. The van der Waals surface area contributed by atoms with Crippen molar-refractivity contribution in [2.75, 3.05) is 11.1 Å². The van der Waals surface area contributed by atoms with E-state index in [1.807, 2.05) is 55.7 Å². The fourth-order valence-electron chi connectivity index (χ4n) is 2.87. The summed E-state index contributed by atoms with van der Waals surface area (Å²) in [5.74, 6) is 1.97. The van der Waals surface area contributed by atoms with Gasteiger partial charge in [-0.3, -0.25) is 14.5 Å². The van der Waals surface area contributed by atoms with Crippen molar-refractivity contribution in [3.63, 3.8) is 0 Å². The van der Waals surface area contributed by atoms with Crippen LogP contribution in [0.4, 0.5) is 5.82 Å². The van der Waals surface area contributed by atoms with Gasteiger partial charge in [-0.2, -0.15) is 5.10 Å². The van der Waals surface area contributed by atoms with Crippen molar-refractivity contribution < 1.29 is 9.53 Å². The first-order chi connectivity index (χ1) is 12.7. The molecule has 6 nitrogen and oxygen atoms in total. The van der Waals surface area contributed by atoms with E-state index in [4.69, 9.17) is 4.74 Å². The molecule has 132 valence electrons. The van der Waals surface area contributed by atoms with Crippen molar-refractivity contribution in [1.29, 1.82) is 0 Å². The van der Waals surface area contributed by atoms with Crippen LogP contribution in [-0.4, -0.2) is 26.4 Å². The summed E-state index contributed by atoms with van der Waals surface area (Å²) in [6.07, 6.45) is 3.58. The number of carbonyl (C=O) groups excluding carboxylic acids is 1. The van der Waals surface area contributed by atoms with E-state index in [2.05, 4.69) is 15.4 Å². The number of anilines is 1. The topological polar surface area (TPSA) is 69.0 Å². The van der Waals surface area contributed by atoms with Gasteiger partial charge in [-0.05, 0) is 29.8 Å². The number of thioether (sulfide) groups is 1. The molecule has 3 heterocycles. The molecular weight excluding hydrogens is 348 g/mol. The molecule has 7 heteroatoms. The highest BCUT2D eigenvalue weighted by molar-refractivity contribution is 8.00. The van der Waals surface area contributed by atoms with Crippen molar-refractivity contribution in [1.82, 2.24) is 14.8 Å². The lowest BCUT2D eigenvalue weighted by atomic mass is 10.1. The molecular formula is C19H18N4O2S. The Morgan fingerprint density at radius 1 is 1.27 bits per heavy atom. The van der Waals surface area contributed by atoms with Gasteiger partial charge in [0.05, 0.1) is 22.9 Å². The van der Waals surface area contributed by atoms with Gasteiger partial charge >= 0.3 is 0 Å². The number of hydrogen-bond donors (Lipinski definition) is 1. The molecule has 1 aromatic carbocycles. The van der Waals surface area contributed by atoms with Gasteiger partial charge in [0.1, 0.15) is 18.2 Å². The van der Waals surface area contributed by atoms with E-state index in [-0.39, 0.29) is 11.2 Å². The molecule has 0 aliphatic carbocycles. The number of carbonyl (C=O) groups is 1. The van der Waals surface area contributed by atoms with Gasteiger partial charge < -0.3 is 10.1 Å². The Kier molecular flexibility index (Phi) is 4.62. The molecule has 0 saturated carbocycles. The maximum atomic E-state index is 11.9. The molecule has 1 N–H and O–H groups in total. The average Bonchev–Trinajstić information content (AvgIpc) is 2.93. The van der Waals surface area contributed by atoms with Crippen LogP contribution < -0.4 is 10.1 Å². The lowest BCUT2D eigenvalue weighted by molar-refractivity contribution is -0.113. The van der Waals surface area contributed by atoms with Crippen LogP contribution in [0.2, 0.25) is 0 Å². The maximum absolute atomic E-state index is 11.9. The normalized spacial score (nSPS) is 16.5. The van der Waals surface area contributed by atoms with Crippen LogP contribution >= 0.6 is 11.8 Å². The van der Waals surface area contributed by atoms with Crippen molar-refractivity contribution in [2.45, 2.75) is 11.9 Å². The number of hydrogen-bond acceptors (Lipinski definition) is 5. The number of amides is 1. The number of ether oxygens (including phenoxy) is 1. The molecule has 1 atom stereocenters. The number of rotatable bonds is 4. The zero-order valence-corrected chi connectivity index (χ0v) is 15.1. The lowest BCUT2D eigenvalue weighted by Crippen LogP contribution is -2.15. The smallest absolute Gasteiger partial charge is 0.235 e. The second-order valence-electron chi connectivity index (χ2n) is 5.99. The second kappa shape index (κ2) is 7.21. The Bertz CT molecular complexity index is 909. The lowest BCUT2D eigenvalue weighted by Gasteiger charge is -2.15. The van der Waals surface area contributed by atoms with Crippen LogP contribution in [0.5, 0.6) is 5.75 Å². The molecule has 0 saturated heterocycles. The molecule has 0 bridgehead atoms. The minimum atomic E-state index is -0.00216. The number of pyridine rings is 1. The van der Waals surface area contributed by atoms with Crippen molar-refractivity contribution in [3.05, 3.63) is 71.7 Å². The molecule has 1 aliphatic rings. The number of nitrogens with one attached hydrogen (secondary N) is 1. The predicted octanol–water partition coefficient (Wildman–Crippen LogP) is 3.17. The fraction of sp³-hybridized carbons (Fsp3) is 0.211. The number of aryl methyl sites for hydroxylation is 1. The number of benzene rings is 1. The molecule has 2 aromatic heterocycles. The van der Waals surface area contributed by atoms with Gasteiger partial charge in [-0.25, -0.2) is 0 Å². The van der Waals surface area contributed by atoms with Crippen LogP contribution in [0, 0.1) is 0 Å². The van der Waals surface area contributed by atoms with E-state index in [1.54, 1.807) is 22.6 Å². The predicted molar refractivity (Wildman–Crippen MR) is 101 cm³/mol. The Balaban J connectivity index is 1.52. The van der Waals surface area contributed by atoms with Crippen molar-refractivity contribution in [3.8, 4) is 5.75 Å². The third-order valence-corrected chi connectivity index (χ3v) is 5.47. The highest BCUT2D eigenvalue weighted by Crippen LogP contribution is 2.41. The molecule has 26 heavy (non-hydrogen) atoms. The SMILES string of the molecule is Cn1ncc2c1NC(=O)CSC2c1ccc(OCc2ccccn2)cc1. The molecule has 0 fully saturated rings. The largest absolute Gasteiger partial charge is 0.487 e. The highest BCUT2D eigenvalue weighted by atomic mass is 32.2. The Labute approximate surface area is 155 Å². The first kappa shape index (κ1) is 16.7. The molecule has 1 aliphatic heterocycles. The summed E-state index contributed by atoms with van der Waals surface area (Å²) in [4.78, 5) is 16.2. The van der Waals surface area contributed by atoms with Crippen LogP contribution in [0.25, 0.3) is 0 Å². The third kappa shape index (κ3) is 3.43. The van der Waals surface area contributed by atoms with E-state index in [9.17, 15) is 4.79 Å². The van der Waals surface area contributed by atoms with Crippen LogP contribution in [0.1, 0.15) is 22.1 Å². The standard InChI is InChI=1S/C19H18N4O2S/c1-23-19-16(10-21-23)18(26-12-17(24)22-19)13-5-7-15(8-6-13)25-11-14-4-2-3-9-20-14/h2-10,18H,11-12H2,1H3,(H,22,24). The van der Waals surface area contributed by atoms with Crippen LogP contribution in [0.15, 0.2) is 54.9 Å². The summed E-state index contributed by atoms with van der Waals surface area (Å²) < 4.78 is 7.50. The summed E-state index contributed by atoms with van der Waals surface area (Å²) in [7, 11) is 1.83. The zero-order chi connectivity index (χ0) is 17.9. The summed E-state index contributed by atoms with van der Waals surface area (Å²) in [6.45, 7) is 0.434. The Hall–Kier alpha value is -2.80. The molecule has 4 rings (SSSR count). The fourth-order valence-corrected chi connectivity index (χ4v) is 3.96. The molecule has 1 amide bonds. The monoisotopic (exact) mass is 366 g/mol. The summed E-state index contributed by atoms with van der Waals surface area (Å²) in [5.41, 5.74) is 3.02. The van der Waals surface area contributed by atoms with Gasteiger partial charge in [0.15, 0.2) is 0 Å². The van der Waals surface area contributed by atoms with Crippen molar-refractivity contribution in [2.24, 2.45) is 7.05 Å². The maximum Gasteiger partial charge on any atom is 0.235 e. The quantitative estimate of drug-likeness (QED) is 0.768. The van der Waals surface area contributed by atoms with Crippen LogP contribution in [-0.2, 0) is 18.4 Å². The molecule has 3 aromatic rings. The third-order valence-electron chi connectivity index (χ3n) is 4.18. The molecule has 1 unspecified atom stereocenters. The first-order valence-electron chi connectivity index (χ1n) is 8.27. The summed E-state index contributed by atoms with van der Waals surface area (Å²) in [5, 5.41) is 7.27. The van der Waals surface area contributed by atoms with E-state index < -0.39 is 0 Å². The first-order valence-corrected chi connectivity index (χ1v) is 9.31. The minimum Gasteiger partial charge on any atom is -0.487 e. The summed E-state index contributed by atoms with van der Waals surface area (Å²) in [6, 6.07) is 13.7. The van der Waals surface area contributed by atoms with E-state index in [0.29, 0.717) is 12.4 Å². The highest BCUT2D eigenvalue weighted by Gasteiger charge is 2.26. The van der Waals surface area contributed by atoms with E-state index >= 15 is 0 Å². The Morgan fingerprint density at radius 3 is 2.88 bits per heavy atom. The summed E-state index contributed by atoms with van der Waals surface area (Å²) >= 11 is 1.60. The van der Waals surface area contributed by atoms with Gasteiger partial charge in [-0.15, -0.1) is 11.8 Å². The average molecular weight is 366 g/mol. The molecule has 0 radical (unpaired) electrons. The Morgan fingerprint density at radius 2 is 2.12 bits per heavy atom. The second-order valence-corrected chi connectivity index (χ2v) is 7.08. The van der Waals surface area contributed by atoms with E-state index in [0.717, 1.165) is 28.4 Å². The van der Waals surface area contributed by atoms with E-state index in [1.165, 1.54) is 0 Å². The van der Waals surface area contributed by atoms with Crippen molar-refractivity contribution >= 4 is 23.5 Å². The van der Waals surface area contributed by atoms with Gasteiger partial charge in [-0.1, -0.05) is 18.2 Å². The number of fused-ring (bicyclic) bond motifs is 1. The van der Waals surface area contributed by atoms with Gasteiger partial charge in [0, 0.05) is 18.8 Å². The molecule has 0 spiro atoms. The number of aromatic nitrogens is 3. The number of nitrogens with zero attached hydrogens (tertiary/aromatic N) is 3. The zero-order valence-electron chi connectivity index (χ0n) is 14.3. The van der Waals surface area contributed by atoms with Gasteiger partial charge in [0.25, 0.3) is 0 Å².